The molecule has 21 heavy (non-hydrogen) atoms. The molecule has 0 aromatic heterocycles. The summed E-state index contributed by atoms with van der Waals surface area (Å²) in [6.45, 7) is 1.33. The van der Waals surface area contributed by atoms with Gasteiger partial charge in [-0.15, -0.1) is 0 Å². The summed E-state index contributed by atoms with van der Waals surface area (Å²) in [6.07, 6.45) is 7.18. The molecule has 0 aliphatic carbocycles. The Morgan fingerprint density at radius 1 is 1.10 bits per heavy atom. The fourth-order valence-electron chi connectivity index (χ4n) is 2.17. The van der Waals surface area contributed by atoms with Crippen molar-refractivity contribution in [2.24, 2.45) is 0 Å². The third kappa shape index (κ3) is 8.84. The van der Waals surface area contributed by atoms with E-state index in [1.165, 1.54) is 5.56 Å². The molecule has 0 bridgehead atoms. The molecule has 1 rings (SSSR count). The fourth-order valence-corrected chi connectivity index (χ4v) is 2.17. The summed E-state index contributed by atoms with van der Waals surface area (Å²) < 4.78 is 5.16. The van der Waals surface area contributed by atoms with Gasteiger partial charge < -0.3 is 14.6 Å². The maximum absolute atomic E-state index is 10.8. The second-order valence-electron chi connectivity index (χ2n) is 5.30. The molecular formula is C17H24O4. The lowest BCUT2D eigenvalue weighted by molar-refractivity contribution is -0.139. The van der Waals surface area contributed by atoms with E-state index in [9.17, 15) is 9.59 Å². The zero-order chi connectivity index (χ0) is 15.5. The molecule has 0 saturated carbocycles. The molecule has 0 fully saturated rings. The van der Waals surface area contributed by atoms with E-state index in [-0.39, 0.29) is 12.4 Å². The number of hydrogen-bond donors (Lipinski definition) is 1. The van der Waals surface area contributed by atoms with Gasteiger partial charge in [-0.3, -0.25) is 0 Å². The zero-order valence-corrected chi connectivity index (χ0v) is 12.6. The Morgan fingerprint density at radius 2 is 1.81 bits per heavy atom. The highest BCUT2D eigenvalue weighted by molar-refractivity contribution is 5.75. The summed E-state index contributed by atoms with van der Waals surface area (Å²) in [5.41, 5.74) is 1.17. The van der Waals surface area contributed by atoms with Gasteiger partial charge >= 0.3 is 5.97 Å². The van der Waals surface area contributed by atoms with E-state index in [4.69, 9.17) is 9.84 Å². The molecule has 0 atom stereocenters. The largest absolute Gasteiger partial charge is 0.482 e. The highest BCUT2D eigenvalue weighted by atomic mass is 16.5. The van der Waals surface area contributed by atoms with E-state index < -0.39 is 5.97 Å². The average molecular weight is 292 g/mol. The Bertz CT molecular complexity index is 454. The van der Waals surface area contributed by atoms with Crippen LogP contribution in [-0.2, 0) is 16.0 Å². The first-order chi connectivity index (χ1) is 10.1. The third-order valence-corrected chi connectivity index (χ3v) is 3.26. The second-order valence-corrected chi connectivity index (χ2v) is 5.30. The number of Topliss-reactive ketones (excluding diaryl/α,β-unsaturated/α-hetero) is 1. The molecule has 0 saturated heterocycles. The van der Waals surface area contributed by atoms with Crippen molar-refractivity contribution in [1.82, 2.24) is 0 Å². The minimum absolute atomic E-state index is 0.271. The lowest BCUT2D eigenvalue weighted by Crippen LogP contribution is -2.09. The van der Waals surface area contributed by atoms with Crippen LogP contribution in [0.4, 0.5) is 0 Å². The number of carbonyl (C=O) groups is 2. The van der Waals surface area contributed by atoms with Crippen LogP contribution >= 0.6 is 0 Å². The third-order valence-electron chi connectivity index (χ3n) is 3.26. The second kappa shape index (κ2) is 9.97. The van der Waals surface area contributed by atoms with E-state index in [1.807, 2.05) is 18.2 Å². The summed E-state index contributed by atoms with van der Waals surface area (Å²) in [5, 5.41) is 8.58. The molecule has 1 aromatic carbocycles. The van der Waals surface area contributed by atoms with E-state index in [2.05, 4.69) is 0 Å². The number of aryl methyl sites for hydroxylation is 1. The lowest BCUT2D eigenvalue weighted by Gasteiger charge is -2.06. The lowest BCUT2D eigenvalue weighted by atomic mass is 10.0. The van der Waals surface area contributed by atoms with Gasteiger partial charge in [0.05, 0.1) is 0 Å². The predicted molar refractivity (Wildman–Crippen MR) is 81.7 cm³/mol. The Morgan fingerprint density at radius 3 is 2.52 bits per heavy atom. The van der Waals surface area contributed by atoms with Crippen LogP contribution in [0, 0.1) is 0 Å². The van der Waals surface area contributed by atoms with Crippen molar-refractivity contribution in [1.29, 1.82) is 0 Å². The fraction of sp³-hybridized carbons (Fsp3) is 0.529. The van der Waals surface area contributed by atoms with Gasteiger partial charge in [0.25, 0.3) is 0 Å². The van der Waals surface area contributed by atoms with Crippen molar-refractivity contribution in [2.45, 2.75) is 51.9 Å². The minimum Gasteiger partial charge on any atom is -0.482 e. The summed E-state index contributed by atoms with van der Waals surface area (Å²) in [7, 11) is 0. The van der Waals surface area contributed by atoms with Crippen LogP contribution in [0.5, 0.6) is 5.75 Å². The highest BCUT2D eigenvalue weighted by Gasteiger charge is 2.01. The molecule has 0 unspecified atom stereocenters. The Kier molecular flexibility index (Phi) is 8.17. The van der Waals surface area contributed by atoms with Crippen LogP contribution in [0.2, 0.25) is 0 Å². The number of carboxylic acids is 1. The molecule has 4 nitrogen and oxygen atoms in total. The van der Waals surface area contributed by atoms with Crippen LogP contribution in [0.15, 0.2) is 24.3 Å². The van der Waals surface area contributed by atoms with Crippen molar-refractivity contribution < 1.29 is 19.4 Å². The van der Waals surface area contributed by atoms with Crippen molar-refractivity contribution in [2.75, 3.05) is 6.61 Å². The Balaban J connectivity index is 2.18. The molecule has 0 aliphatic heterocycles. The van der Waals surface area contributed by atoms with Crippen molar-refractivity contribution >= 4 is 11.8 Å². The smallest absolute Gasteiger partial charge is 0.341 e. The SMILES string of the molecule is CC(=O)CCCCCCCc1cccc(OCC(=O)O)c1. The van der Waals surface area contributed by atoms with Gasteiger partial charge in [-0.1, -0.05) is 31.4 Å². The predicted octanol–water partition coefficient (Wildman–Crippen LogP) is 3.62. The number of rotatable bonds is 11. The number of aliphatic carboxylic acids is 1. The molecule has 116 valence electrons. The number of carboxylic acid groups (broad SMARTS) is 1. The van der Waals surface area contributed by atoms with Gasteiger partial charge in [0.1, 0.15) is 11.5 Å². The number of hydrogen-bond acceptors (Lipinski definition) is 3. The Labute approximate surface area is 126 Å². The van der Waals surface area contributed by atoms with Gasteiger partial charge in [-0.2, -0.15) is 0 Å². The van der Waals surface area contributed by atoms with Gasteiger partial charge in [0.2, 0.25) is 0 Å². The summed E-state index contributed by atoms with van der Waals surface area (Å²) in [4.78, 5) is 21.2. The Hall–Kier alpha value is -1.84. The molecular weight excluding hydrogens is 268 g/mol. The number of ether oxygens (including phenoxy) is 1. The number of unbranched alkanes of at least 4 members (excludes halogenated alkanes) is 4. The molecule has 4 heteroatoms. The topological polar surface area (TPSA) is 63.6 Å². The molecule has 0 spiro atoms. The normalized spacial score (nSPS) is 10.3. The first kappa shape index (κ1) is 17.2. The minimum atomic E-state index is -0.967. The first-order valence-electron chi connectivity index (χ1n) is 7.51. The van der Waals surface area contributed by atoms with Gasteiger partial charge in [0, 0.05) is 6.42 Å². The van der Waals surface area contributed by atoms with Gasteiger partial charge in [-0.25, -0.2) is 4.79 Å². The molecule has 0 radical (unpaired) electrons. The van der Waals surface area contributed by atoms with Crippen LogP contribution in [0.25, 0.3) is 0 Å². The first-order valence-corrected chi connectivity index (χ1v) is 7.51. The molecule has 0 aliphatic rings. The van der Waals surface area contributed by atoms with E-state index in [0.29, 0.717) is 12.2 Å². The monoisotopic (exact) mass is 292 g/mol. The number of benzene rings is 1. The summed E-state index contributed by atoms with van der Waals surface area (Å²) in [5.74, 6) is -0.0875. The molecule has 0 amide bonds. The standard InChI is InChI=1S/C17H24O4/c1-14(18)8-5-3-2-4-6-9-15-10-7-11-16(12-15)21-13-17(19)20/h7,10-12H,2-6,8-9,13H2,1H3,(H,19,20). The molecule has 0 heterocycles. The average Bonchev–Trinajstić information content (AvgIpc) is 2.44. The summed E-state index contributed by atoms with van der Waals surface area (Å²) >= 11 is 0. The number of ketones is 1. The van der Waals surface area contributed by atoms with Crippen molar-refractivity contribution in [3.63, 3.8) is 0 Å². The summed E-state index contributed by atoms with van der Waals surface area (Å²) in [6, 6.07) is 7.59. The van der Waals surface area contributed by atoms with Crippen LogP contribution in [0.1, 0.15) is 51.0 Å². The van der Waals surface area contributed by atoms with Crippen LogP contribution in [0.3, 0.4) is 0 Å². The maximum atomic E-state index is 10.8. The van der Waals surface area contributed by atoms with Crippen molar-refractivity contribution in [3.8, 4) is 5.75 Å². The maximum Gasteiger partial charge on any atom is 0.341 e. The number of carbonyl (C=O) groups excluding carboxylic acids is 1. The van der Waals surface area contributed by atoms with E-state index in [0.717, 1.165) is 38.5 Å². The molecule has 1 N–H and O–H groups in total. The van der Waals surface area contributed by atoms with Crippen LogP contribution in [-0.4, -0.2) is 23.5 Å². The zero-order valence-electron chi connectivity index (χ0n) is 12.6. The van der Waals surface area contributed by atoms with Gasteiger partial charge in [0.15, 0.2) is 6.61 Å². The van der Waals surface area contributed by atoms with Crippen LogP contribution < -0.4 is 4.74 Å². The molecule has 1 aromatic rings. The van der Waals surface area contributed by atoms with Crippen molar-refractivity contribution in [3.05, 3.63) is 29.8 Å². The quantitative estimate of drug-likeness (QED) is 0.633. The van der Waals surface area contributed by atoms with E-state index >= 15 is 0 Å². The van der Waals surface area contributed by atoms with Gasteiger partial charge in [-0.05, 0) is 43.9 Å². The highest BCUT2D eigenvalue weighted by Crippen LogP contribution is 2.16. The van der Waals surface area contributed by atoms with E-state index in [1.54, 1.807) is 13.0 Å².